The standard InChI is InChI=1S/C67H112O12/c1-4-7-10-13-16-19-22-25-28-29-30-31-34-37-40-43-46-49-52-55-61(70)78-65-63(72)62(71)64(66(73)74)79-67(65)76-57-58(77-60(69)54-51-48-45-42-39-36-33-27-24-21-18-15-12-9-6-3)56-75-59(68)53-50-47-44-41-38-35-32-26-23-20-17-14-11-8-5-2/h8-9,11-12,17-18,20-21,25-28,32-33,58,62-65,67,71-72H,4-7,10,13-16,19,22-24,29-31,34-57H2,1-3H3,(H,73,74)/b11-8-,12-9-,20-17-,21-18-,28-25-,32-26-,33-27-. The maximum absolute atomic E-state index is 13.2. The van der Waals surface area contributed by atoms with Crippen LogP contribution in [0.2, 0.25) is 0 Å². The number of unbranched alkanes of at least 4 members (excludes halogenated alkanes) is 25. The van der Waals surface area contributed by atoms with Gasteiger partial charge in [-0.05, 0) is 109 Å². The molecule has 79 heavy (non-hydrogen) atoms. The van der Waals surface area contributed by atoms with Crippen molar-refractivity contribution < 1.29 is 58.2 Å². The molecule has 6 unspecified atom stereocenters. The Bertz CT molecular complexity index is 1700. The first kappa shape index (κ1) is 72.9. The zero-order valence-corrected chi connectivity index (χ0v) is 49.8. The van der Waals surface area contributed by atoms with E-state index < -0.39 is 67.3 Å². The molecule has 1 heterocycles. The van der Waals surface area contributed by atoms with Gasteiger partial charge >= 0.3 is 23.9 Å². The summed E-state index contributed by atoms with van der Waals surface area (Å²) >= 11 is 0. The van der Waals surface area contributed by atoms with E-state index in [9.17, 15) is 34.5 Å². The van der Waals surface area contributed by atoms with E-state index in [4.69, 9.17) is 23.7 Å². The lowest BCUT2D eigenvalue weighted by Gasteiger charge is -2.40. The number of carboxylic acid groups (broad SMARTS) is 1. The van der Waals surface area contributed by atoms with Crippen LogP contribution < -0.4 is 0 Å². The summed E-state index contributed by atoms with van der Waals surface area (Å²) in [6.45, 7) is 5.75. The zero-order valence-electron chi connectivity index (χ0n) is 49.8. The van der Waals surface area contributed by atoms with Crippen molar-refractivity contribution in [3.63, 3.8) is 0 Å². The predicted octanol–water partition coefficient (Wildman–Crippen LogP) is 16.7. The van der Waals surface area contributed by atoms with E-state index in [2.05, 4.69) is 106 Å². The van der Waals surface area contributed by atoms with Crippen LogP contribution in [0.25, 0.3) is 0 Å². The number of aliphatic hydroxyl groups excluding tert-OH is 2. The van der Waals surface area contributed by atoms with Crippen LogP contribution >= 0.6 is 0 Å². The number of carboxylic acids is 1. The summed E-state index contributed by atoms with van der Waals surface area (Å²) in [5, 5.41) is 31.6. The first-order chi connectivity index (χ1) is 38.6. The van der Waals surface area contributed by atoms with E-state index in [0.717, 1.165) is 135 Å². The lowest BCUT2D eigenvalue weighted by atomic mass is 9.98. The monoisotopic (exact) mass is 1110 g/mol. The summed E-state index contributed by atoms with van der Waals surface area (Å²) in [6, 6.07) is 0. The molecule has 1 saturated heterocycles. The minimum absolute atomic E-state index is 0.0522. The Morgan fingerprint density at radius 3 is 1.23 bits per heavy atom. The second-order valence-corrected chi connectivity index (χ2v) is 21.3. The van der Waals surface area contributed by atoms with E-state index in [1.807, 2.05) is 0 Å². The number of aliphatic hydroxyl groups is 2. The lowest BCUT2D eigenvalue weighted by Crippen LogP contribution is -2.61. The van der Waals surface area contributed by atoms with E-state index in [0.29, 0.717) is 19.3 Å². The molecule has 12 nitrogen and oxygen atoms in total. The maximum Gasteiger partial charge on any atom is 0.335 e. The third kappa shape index (κ3) is 44.3. The number of carbonyl (C=O) groups excluding carboxylic acids is 3. The average Bonchev–Trinajstić information content (AvgIpc) is 3.46. The van der Waals surface area contributed by atoms with Crippen LogP contribution in [0.4, 0.5) is 0 Å². The molecule has 0 spiro atoms. The van der Waals surface area contributed by atoms with Crippen molar-refractivity contribution in [3.05, 3.63) is 85.1 Å². The highest BCUT2D eigenvalue weighted by atomic mass is 16.7. The van der Waals surface area contributed by atoms with E-state index in [-0.39, 0.29) is 25.9 Å². The maximum atomic E-state index is 13.2. The fraction of sp³-hybridized carbons (Fsp3) is 0.731. The summed E-state index contributed by atoms with van der Waals surface area (Å²) in [6.07, 6.45) is 58.3. The number of rotatable bonds is 53. The molecule has 1 rings (SSSR count). The number of hydrogen-bond acceptors (Lipinski definition) is 11. The molecule has 1 aliphatic heterocycles. The van der Waals surface area contributed by atoms with Gasteiger partial charge in [0.2, 0.25) is 0 Å². The molecule has 0 aromatic carbocycles. The predicted molar refractivity (Wildman–Crippen MR) is 321 cm³/mol. The summed E-state index contributed by atoms with van der Waals surface area (Å²) in [4.78, 5) is 51.3. The van der Waals surface area contributed by atoms with Gasteiger partial charge in [0, 0.05) is 19.3 Å². The van der Waals surface area contributed by atoms with Crippen molar-refractivity contribution in [1.29, 1.82) is 0 Å². The van der Waals surface area contributed by atoms with Crippen molar-refractivity contribution in [3.8, 4) is 0 Å². The smallest absolute Gasteiger partial charge is 0.335 e. The SMILES string of the molecule is CC/C=C\C/C=C\C/C=C\CCCCCCCC(=O)OCC(COC1OC(C(=O)O)C(O)C(O)C1OC(=O)CCCCCCCCCCC/C=C\CCCCCCCC)OC(=O)CCCCCCC/C=C\C/C=C\C/C=C\CC. The van der Waals surface area contributed by atoms with E-state index in [1.54, 1.807) is 0 Å². The van der Waals surface area contributed by atoms with Gasteiger partial charge in [-0.3, -0.25) is 14.4 Å². The molecule has 0 bridgehead atoms. The molecule has 0 amide bonds. The molecular formula is C67H112O12. The molecular weight excluding hydrogens is 997 g/mol. The van der Waals surface area contributed by atoms with Crippen molar-refractivity contribution in [2.45, 2.75) is 302 Å². The number of carbonyl (C=O) groups is 4. The van der Waals surface area contributed by atoms with Crippen LogP contribution in [-0.2, 0) is 42.9 Å². The van der Waals surface area contributed by atoms with Gasteiger partial charge in [-0.15, -0.1) is 0 Å². The van der Waals surface area contributed by atoms with Crippen LogP contribution in [0, 0.1) is 0 Å². The largest absolute Gasteiger partial charge is 0.479 e. The van der Waals surface area contributed by atoms with Crippen LogP contribution in [0.15, 0.2) is 85.1 Å². The first-order valence-corrected chi connectivity index (χ1v) is 31.6. The third-order valence-electron chi connectivity index (χ3n) is 13.9. The Balaban J connectivity index is 2.67. The zero-order chi connectivity index (χ0) is 57.5. The fourth-order valence-electron chi connectivity index (χ4n) is 9.16. The number of allylic oxidation sites excluding steroid dienone is 14. The first-order valence-electron chi connectivity index (χ1n) is 31.6. The Kier molecular flexibility index (Phi) is 50.3. The summed E-state index contributed by atoms with van der Waals surface area (Å²) in [5.74, 6) is -3.16. The minimum atomic E-state index is -1.91. The fourth-order valence-corrected chi connectivity index (χ4v) is 9.16. The molecule has 12 heteroatoms. The Hall–Kier alpha value is -4.10. The number of hydrogen-bond donors (Lipinski definition) is 3. The van der Waals surface area contributed by atoms with Crippen LogP contribution in [0.1, 0.15) is 265 Å². The van der Waals surface area contributed by atoms with Crippen LogP contribution in [0.5, 0.6) is 0 Å². The normalized spacial score (nSPS) is 18.4. The Morgan fingerprint density at radius 1 is 0.430 bits per heavy atom. The van der Waals surface area contributed by atoms with Crippen molar-refractivity contribution in [1.82, 2.24) is 0 Å². The van der Waals surface area contributed by atoms with Gasteiger partial charge in [0.05, 0.1) is 6.61 Å². The molecule has 1 fully saturated rings. The molecule has 0 radical (unpaired) electrons. The summed E-state index contributed by atoms with van der Waals surface area (Å²) in [7, 11) is 0. The molecule has 6 atom stereocenters. The van der Waals surface area contributed by atoms with Gasteiger partial charge < -0.3 is 39.0 Å². The molecule has 1 aliphatic rings. The minimum Gasteiger partial charge on any atom is -0.479 e. The topological polar surface area (TPSA) is 175 Å². The number of esters is 3. The summed E-state index contributed by atoms with van der Waals surface area (Å²) in [5.41, 5.74) is 0. The van der Waals surface area contributed by atoms with Gasteiger partial charge in [-0.25, -0.2) is 4.79 Å². The second-order valence-electron chi connectivity index (χ2n) is 21.3. The second kappa shape index (κ2) is 54.5. The molecule has 0 aromatic rings. The van der Waals surface area contributed by atoms with Crippen LogP contribution in [-0.4, -0.2) is 89.2 Å². The van der Waals surface area contributed by atoms with Gasteiger partial charge in [-0.1, -0.05) is 221 Å². The van der Waals surface area contributed by atoms with Gasteiger partial charge in [0.25, 0.3) is 0 Å². The molecule has 0 aromatic heterocycles. The summed E-state index contributed by atoms with van der Waals surface area (Å²) < 4.78 is 28.5. The lowest BCUT2D eigenvalue weighted by molar-refractivity contribution is -0.301. The van der Waals surface area contributed by atoms with Crippen molar-refractivity contribution in [2.24, 2.45) is 0 Å². The highest BCUT2D eigenvalue weighted by Crippen LogP contribution is 2.26. The van der Waals surface area contributed by atoms with Gasteiger partial charge in [-0.2, -0.15) is 0 Å². The van der Waals surface area contributed by atoms with Crippen molar-refractivity contribution >= 4 is 23.9 Å². The van der Waals surface area contributed by atoms with E-state index in [1.165, 1.54) is 70.6 Å². The van der Waals surface area contributed by atoms with Crippen molar-refractivity contribution in [2.75, 3.05) is 13.2 Å². The quantitative estimate of drug-likeness (QED) is 0.0228. The average molecular weight is 1110 g/mol. The molecule has 452 valence electrons. The molecule has 0 aliphatic carbocycles. The van der Waals surface area contributed by atoms with Crippen LogP contribution in [0.3, 0.4) is 0 Å². The number of ether oxygens (including phenoxy) is 5. The van der Waals surface area contributed by atoms with Gasteiger partial charge in [0.1, 0.15) is 18.8 Å². The molecule has 0 saturated carbocycles. The number of aliphatic carboxylic acids is 1. The molecule has 3 N–H and O–H groups in total. The Labute approximate surface area is 480 Å². The van der Waals surface area contributed by atoms with E-state index >= 15 is 0 Å². The Morgan fingerprint density at radius 2 is 0.797 bits per heavy atom. The third-order valence-corrected chi connectivity index (χ3v) is 13.9. The highest BCUT2D eigenvalue weighted by Gasteiger charge is 2.50. The van der Waals surface area contributed by atoms with Gasteiger partial charge in [0.15, 0.2) is 24.6 Å². The highest BCUT2D eigenvalue weighted by molar-refractivity contribution is 5.74.